The molecule has 0 aromatic heterocycles. The van der Waals surface area contributed by atoms with Gasteiger partial charge in [-0.3, -0.25) is 9.59 Å². The fraction of sp³-hybridized carbons (Fsp3) is 0.440. The van der Waals surface area contributed by atoms with E-state index in [0.717, 1.165) is 17.7 Å². The smallest absolute Gasteiger partial charge is 0.243 e. The van der Waals surface area contributed by atoms with Gasteiger partial charge in [0.05, 0.1) is 24.0 Å². The molecule has 2 aromatic rings. The predicted molar refractivity (Wildman–Crippen MR) is 130 cm³/mol. The number of carbonyl (C=O) groups excluding carboxylic acids is 2. The van der Waals surface area contributed by atoms with Gasteiger partial charge in [0.15, 0.2) is 0 Å². The van der Waals surface area contributed by atoms with Crippen LogP contribution in [-0.2, 0) is 24.3 Å². The summed E-state index contributed by atoms with van der Waals surface area (Å²) < 4.78 is 32.2. The molecule has 0 bridgehead atoms. The quantitative estimate of drug-likeness (QED) is 0.650. The Labute approximate surface area is 200 Å². The van der Waals surface area contributed by atoms with Crippen LogP contribution >= 0.6 is 0 Å². The molecule has 2 fully saturated rings. The van der Waals surface area contributed by atoms with E-state index in [4.69, 9.17) is 4.74 Å². The molecule has 2 aromatic carbocycles. The molecule has 0 radical (unpaired) electrons. The number of morpholine rings is 1. The highest BCUT2D eigenvalue weighted by Gasteiger charge is 2.36. The molecule has 8 nitrogen and oxygen atoms in total. The molecule has 2 atom stereocenters. The van der Waals surface area contributed by atoms with Crippen LogP contribution in [0, 0.1) is 5.92 Å². The Morgan fingerprint density at radius 2 is 1.79 bits per heavy atom. The Balaban J connectivity index is 1.42. The lowest BCUT2D eigenvalue weighted by atomic mass is 9.96. The van der Waals surface area contributed by atoms with Crippen molar-refractivity contribution >= 4 is 33.2 Å². The monoisotopic (exact) mass is 485 g/mol. The molecule has 2 amide bonds. The van der Waals surface area contributed by atoms with Gasteiger partial charge < -0.3 is 15.0 Å². The number of carbonyl (C=O) groups is 2. The Morgan fingerprint density at radius 3 is 2.47 bits per heavy atom. The van der Waals surface area contributed by atoms with Crippen LogP contribution in [-0.4, -0.2) is 57.4 Å². The zero-order valence-electron chi connectivity index (χ0n) is 19.6. The van der Waals surface area contributed by atoms with E-state index in [9.17, 15) is 18.0 Å². The number of benzene rings is 2. The second-order valence-electron chi connectivity index (χ2n) is 8.80. The van der Waals surface area contributed by atoms with Crippen molar-refractivity contribution in [2.24, 2.45) is 5.92 Å². The van der Waals surface area contributed by atoms with Gasteiger partial charge >= 0.3 is 0 Å². The van der Waals surface area contributed by atoms with E-state index in [1.165, 1.54) is 16.4 Å². The Morgan fingerprint density at radius 1 is 1.12 bits per heavy atom. The zero-order valence-corrected chi connectivity index (χ0v) is 20.4. The third-order valence-corrected chi connectivity index (χ3v) is 8.51. The van der Waals surface area contributed by atoms with Crippen molar-refractivity contribution in [3.05, 3.63) is 54.1 Å². The average molecular weight is 486 g/mol. The lowest BCUT2D eigenvalue weighted by Gasteiger charge is -2.26. The van der Waals surface area contributed by atoms with E-state index >= 15 is 0 Å². The van der Waals surface area contributed by atoms with E-state index in [-0.39, 0.29) is 23.1 Å². The number of anilines is 2. The third kappa shape index (κ3) is 5.01. The SMILES string of the molecule is CC[C@H](C)c1ccccc1N1C[C@H](C(=O)Nc2ccc(S(=O)(=O)N3CCOCC3)cc2)CC1=O. The van der Waals surface area contributed by atoms with Crippen molar-refractivity contribution in [3.8, 4) is 0 Å². The minimum atomic E-state index is -3.59. The number of ether oxygens (including phenoxy) is 1. The number of amides is 2. The molecule has 9 heteroatoms. The van der Waals surface area contributed by atoms with Crippen LogP contribution < -0.4 is 10.2 Å². The second-order valence-corrected chi connectivity index (χ2v) is 10.7. The third-order valence-electron chi connectivity index (χ3n) is 6.60. The largest absolute Gasteiger partial charge is 0.379 e. The van der Waals surface area contributed by atoms with Crippen molar-refractivity contribution in [1.29, 1.82) is 0 Å². The first-order chi connectivity index (χ1) is 16.3. The molecule has 2 saturated heterocycles. The Kier molecular flexibility index (Phi) is 7.35. The maximum absolute atomic E-state index is 12.9. The summed E-state index contributed by atoms with van der Waals surface area (Å²) in [5, 5.41) is 2.84. The van der Waals surface area contributed by atoms with Crippen LogP contribution in [0.4, 0.5) is 11.4 Å². The van der Waals surface area contributed by atoms with Crippen LogP contribution in [0.25, 0.3) is 0 Å². The van der Waals surface area contributed by atoms with Gasteiger partial charge in [-0.15, -0.1) is 0 Å². The maximum atomic E-state index is 12.9. The highest BCUT2D eigenvalue weighted by Crippen LogP contribution is 2.33. The number of nitrogens with zero attached hydrogens (tertiary/aromatic N) is 2. The van der Waals surface area contributed by atoms with Gasteiger partial charge in [0.1, 0.15) is 0 Å². The lowest BCUT2D eigenvalue weighted by molar-refractivity contribution is -0.122. The van der Waals surface area contributed by atoms with Crippen LogP contribution in [0.15, 0.2) is 53.4 Å². The van der Waals surface area contributed by atoms with Gasteiger partial charge in [0, 0.05) is 37.4 Å². The molecule has 0 spiro atoms. The minimum absolute atomic E-state index is 0.0668. The Bertz CT molecular complexity index is 1140. The van der Waals surface area contributed by atoms with Gasteiger partial charge in [-0.2, -0.15) is 4.31 Å². The maximum Gasteiger partial charge on any atom is 0.243 e. The number of hydrogen-bond acceptors (Lipinski definition) is 5. The zero-order chi connectivity index (χ0) is 24.3. The highest BCUT2D eigenvalue weighted by molar-refractivity contribution is 7.89. The molecular weight excluding hydrogens is 454 g/mol. The molecule has 0 aliphatic carbocycles. The molecule has 4 rings (SSSR count). The Hall–Kier alpha value is -2.75. The first-order valence-electron chi connectivity index (χ1n) is 11.7. The fourth-order valence-electron chi connectivity index (χ4n) is 4.38. The molecule has 2 heterocycles. The molecule has 182 valence electrons. The summed E-state index contributed by atoms with van der Waals surface area (Å²) in [6.45, 7) is 5.98. The summed E-state index contributed by atoms with van der Waals surface area (Å²) in [5.41, 5.74) is 2.48. The standard InChI is InChI=1S/C25H31N3O5S/c1-3-18(2)22-6-4-5-7-23(22)28-17-19(16-24(28)29)25(30)26-20-8-10-21(11-9-20)34(31,32)27-12-14-33-15-13-27/h4-11,18-19H,3,12-17H2,1-2H3,(H,26,30)/t18-,19+/m0/s1. The van der Waals surface area contributed by atoms with Gasteiger partial charge in [-0.25, -0.2) is 8.42 Å². The van der Waals surface area contributed by atoms with Crippen molar-refractivity contribution in [3.63, 3.8) is 0 Å². The average Bonchev–Trinajstić information content (AvgIpc) is 3.26. The van der Waals surface area contributed by atoms with Gasteiger partial charge in [0.25, 0.3) is 0 Å². The number of sulfonamides is 1. The van der Waals surface area contributed by atoms with E-state index in [1.807, 2.05) is 24.3 Å². The van der Waals surface area contributed by atoms with E-state index in [2.05, 4.69) is 19.2 Å². The highest BCUT2D eigenvalue weighted by atomic mass is 32.2. The normalized spacial score (nSPS) is 20.4. The number of rotatable bonds is 7. The molecule has 34 heavy (non-hydrogen) atoms. The lowest BCUT2D eigenvalue weighted by Crippen LogP contribution is -2.40. The van der Waals surface area contributed by atoms with Crippen molar-refractivity contribution in [2.75, 3.05) is 43.1 Å². The van der Waals surface area contributed by atoms with Crippen LogP contribution in [0.3, 0.4) is 0 Å². The number of nitrogens with one attached hydrogen (secondary N) is 1. The topological polar surface area (TPSA) is 96.0 Å². The summed E-state index contributed by atoms with van der Waals surface area (Å²) >= 11 is 0. The van der Waals surface area contributed by atoms with Gasteiger partial charge in [-0.05, 0) is 48.2 Å². The number of hydrogen-bond donors (Lipinski definition) is 1. The van der Waals surface area contributed by atoms with Gasteiger partial charge in [-0.1, -0.05) is 32.0 Å². The summed E-state index contributed by atoms with van der Waals surface area (Å²) in [6.07, 6.45) is 1.10. The van der Waals surface area contributed by atoms with Crippen molar-refractivity contribution in [2.45, 2.75) is 37.5 Å². The molecular formula is C25H31N3O5S. The van der Waals surface area contributed by atoms with Crippen LogP contribution in [0.2, 0.25) is 0 Å². The van der Waals surface area contributed by atoms with E-state index in [0.29, 0.717) is 44.5 Å². The molecule has 2 aliphatic heterocycles. The van der Waals surface area contributed by atoms with Gasteiger partial charge in [0.2, 0.25) is 21.8 Å². The molecule has 0 saturated carbocycles. The van der Waals surface area contributed by atoms with Crippen LogP contribution in [0.5, 0.6) is 0 Å². The molecule has 2 aliphatic rings. The fourth-order valence-corrected chi connectivity index (χ4v) is 5.78. The molecule has 1 N–H and O–H groups in total. The first kappa shape index (κ1) is 24.4. The summed E-state index contributed by atoms with van der Waals surface area (Å²) in [4.78, 5) is 27.6. The summed E-state index contributed by atoms with van der Waals surface area (Å²) in [5.74, 6) is -0.484. The van der Waals surface area contributed by atoms with E-state index < -0.39 is 15.9 Å². The number of para-hydroxylation sites is 1. The summed E-state index contributed by atoms with van der Waals surface area (Å²) in [7, 11) is -3.59. The predicted octanol–water partition coefficient (Wildman–Crippen LogP) is 3.21. The van der Waals surface area contributed by atoms with E-state index in [1.54, 1.807) is 17.0 Å². The van der Waals surface area contributed by atoms with Crippen molar-refractivity contribution in [1.82, 2.24) is 4.31 Å². The second kappa shape index (κ2) is 10.2. The minimum Gasteiger partial charge on any atom is -0.379 e. The van der Waals surface area contributed by atoms with Crippen LogP contribution in [0.1, 0.15) is 38.2 Å². The van der Waals surface area contributed by atoms with Crippen molar-refractivity contribution < 1.29 is 22.7 Å². The summed E-state index contributed by atoms with van der Waals surface area (Å²) in [6, 6.07) is 14.0. The first-order valence-corrected chi connectivity index (χ1v) is 13.1. The molecule has 0 unspecified atom stereocenters.